The van der Waals surface area contributed by atoms with E-state index >= 15 is 0 Å². The first-order chi connectivity index (χ1) is 15.4. The summed E-state index contributed by atoms with van der Waals surface area (Å²) in [5.74, 6) is 0. The van der Waals surface area contributed by atoms with Gasteiger partial charge < -0.3 is 29.2 Å². The number of hydrogen-bond acceptors (Lipinski definition) is 6. The zero-order valence-electron chi connectivity index (χ0n) is 19.3. The van der Waals surface area contributed by atoms with Crippen LogP contribution < -0.4 is 0 Å². The fraction of sp³-hybridized carbons (Fsp3) is 0.538. The van der Waals surface area contributed by atoms with Crippen LogP contribution in [0.5, 0.6) is 0 Å². The van der Waals surface area contributed by atoms with Gasteiger partial charge in [-0.2, -0.15) is 0 Å². The van der Waals surface area contributed by atoms with Crippen molar-refractivity contribution >= 4 is 0 Å². The van der Waals surface area contributed by atoms with Crippen LogP contribution in [0.3, 0.4) is 0 Å². The Bertz CT molecular complexity index is 714. The molecule has 6 nitrogen and oxygen atoms in total. The molecule has 0 unspecified atom stereocenters. The largest absolute Gasteiger partial charge is 0.387 e. The minimum Gasteiger partial charge on any atom is -0.387 e. The van der Waals surface area contributed by atoms with Gasteiger partial charge in [-0.25, -0.2) is 0 Å². The summed E-state index contributed by atoms with van der Waals surface area (Å²) in [7, 11) is 0. The molecule has 32 heavy (non-hydrogen) atoms. The summed E-state index contributed by atoms with van der Waals surface area (Å²) in [4.78, 5) is 0. The molecule has 2 N–H and O–H groups in total. The van der Waals surface area contributed by atoms with Crippen LogP contribution in [0, 0.1) is 0 Å². The van der Waals surface area contributed by atoms with Gasteiger partial charge in [-0.15, -0.1) is 0 Å². The molecule has 1 fully saturated rings. The van der Waals surface area contributed by atoms with Crippen LogP contribution in [-0.2, 0) is 32.2 Å². The summed E-state index contributed by atoms with van der Waals surface area (Å²) < 4.78 is 24.6. The summed E-state index contributed by atoms with van der Waals surface area (Å²) >= 11 is 0. The predicted molar refractivity (Wildman–Crippen MR) is 122 cm³/mol. The van der Waals surface area contributed by atoms with E-state index in [1.165, 1.54) is 0 Å². The summed E-state index contributed by atoms with van der Waals surface area (Å²) in [5, 5.41) is 22.1. The normalized spacial score (nSPS) is 28.4. The number of rotatable bonds is 10. The van der Waals surface area contributed by atoms with Gasteiger partial charge in [0.15, 0.2) is 0 Å². The molecular formula is C26H36O6. The third-order valence-corrected chi connectivity index (χ3v) is 5.42. The summed E-state index contributed by atoms with van der Waals surface area (Å²) in [6.07, 6.45) is -5.39. The van der Waals surface area contributed by atoms with Crippen molar-refractivity contribution in [1.82, 2.24) is 0 Å². The molecule has 0 spiro atoms. The van der Waals surface area contributed by atoms with Crippen molar-refractivity contribution in [2.24, 2.45) is 0 Å². The smallest absolute Gasteiger partial charge is 0.115 e. The van der Waals surface area contributed by atoms with Crippen molar-refractivity contribution in [2.45, 2.75) is 89.7 Å². The molecule has 1 aliphatic rings. The van der Waals surface area contributed by atoms with Crippen LogP contribution in [0.4, 0.5) is 0 Å². The van der Waals surface area contributed by atoms with Crippen LogP contribution in [0.2, 0.25) is 0 Å². The molecule has 0 aliphatic heterocycles. The average molecular weight is 445 g/mol. The highest BCUT2D eigenvalue weighted by atomic mass is 16.6. The minimum absolute atomic E-state index is 0.127. The van der Waals surface area contributed by atoms with Crippen LogP contribution in [0.15, 0.2) is 60.7 Å². The van der Waals surface area contributed by atoms with E-state index in [4.69, 9.17) is 18.9 Å². The van der Waals surface area contributed by atoms with Gasteiger partial charge in [0.1, 0.15) is 36.6 Å². The molecule has 0 bridgehead atoms. The van der Waals surface area contributed by atoms with Gasteiger partial charge in [0, 0.05) is 0 Å². The molecule has 0 amide bonds. The van der Waals surface area contributed by atoms with Crippen molar-refractivity contribution < 1.29 is 29.2 Å². The fourth-order valence-corrected chi connectivity index (χ4v) is 4.01. The molecule has 0 aromatic heterocycles. The van der Waals surface area contributed by atoms with Crippen molar-refractivity contribution in [3.63, 3.8) is 0 Å². The first kappa shape index (κ1) is 24.8. The van der Waals surface area contributed by atoms with Crippen molar-refractivity contribution in [3.8, 4) is 0 Å². The monoisotopic (exact) mass is 444 g/mol. The number of benzene rings is 2. The molecule has 176 valence electrons. The highest BCUT2D eigenvalue weighted by Crippen LogP contribution is 2.32. The Balaban J connectivity index is 1.83. The minimum atomic E-state index is -1.18. The SMILES string of the molecule is CC(C)O[C@@H]1[C@H](OC(C)C)[C@H](OCc2ccccc2)[C@@H](O)[C@@H](O)[C@H]1OCc1ccccc1. The molecule has 6 atom stereocenters. The van der Waals surface area contributed by atoms with E-state index in [0.717, 1.165) is 11.1 Å². The Morgan fingerprint density at radius 2 is 0.938 bits per heavy atom. The second-order valence-electron chi connectivity index (χ2n) is 8.80. The average Bonchev–Trinajstić information content (AvgIpc) is 2.77. The maximum absolute atomic E-state index is 11.0. The zero-order chi connectivity index (χ0) is 23.1. The second kappa shape index (κ2) is 11.9. The molecule has 6 heteroatoms. The molecule has 0 radical (unpaired) electrons. The summed E-state index contributed by atoms with van der Waals surface area (Å²) in [5.41, 5.74) is 1.95. The van der Waals surface area contributed by atoms with Gasteiger partial charge in [0.25, 0.3) is 0 Å². The number of hydrogen-bond donors (Lipinski definition) is 2. The first-order valence-corrected chi connectivity index (χ1v) is 11.3. The quantitative estimate of drug-likeness (QED) is 0.584. The highest BCUT2D eigenvalue weighted by Gasteiger charge is 2.53. The lowest BCUT2D eigenvalue weighted by Gasteiger charge is -2.48. The third kappa shape index (κ3) is 6.61. The molecule has 0 saturated heterocycles. The molecule has 2 aromatic rings. The standard InChI is InChI=1S/C26H36O6/c1-17(2)31-25-23(29-15-19-11-7-5-8-12-19)21(27)22(28)24(26(25)32-18(3)4)30-16-20-13-9-6-10-14-20/h5-14,17-18,21-28H,15-16H2,1-4H3/t21-,22+,23-,24-,25+,26-/m1/s1. The number of aliphatic hydroxyl groups is 2. The topological polar surface area (TPSA) is 77.4 Å². The number of ether oxygens (including phenoxy) is 4. The Morgan fingerprint density at radius 1 is 0.594 bits per heavy atom. The first-order valence-electron chi connectivity index (χ1n) is 11.3. The van der Waals surface area contributed by atoms with Crippen LogP contribution in [-0.4, -0.2) is 59.0 Å². The van der Waals surface area contributed by atoms with E-state index in [-0.39, 0.29) is 25.4 Å². The van der Waals surface area contributed by atoms with E-state index in [1.807, 2.05) is 88.4 Å². The highest BCUT2D eigenvalue weighted by molar-refractivity contribution is 5.15. The van der Waals surface area contributed by atoms with Crippen molar-refractivity contribution in [1.29, 1.82) is 0 Å². The lowest BCUT2D eigenvalue weighted by atomic mass is 9.84. The van der Waals surface area contributed by atoms with E-state index < -0.39 is 36.6 Å². The van der Waals surface area contributed by atoms with Gasteiger partial charge in [0.05, 0.1) is 25.4 Å². The van der Waals surface area contributed by atoms with Gasteiger partial charge in [-0.3, -0.25) is 0 Å². The molecular weight excluding hydrogens is 408 g/mol. The predicted octanol–water partition coefficient (Wildman–Crippen LogP) is 3.48. The van der Waals surface area contributed by atoms with Gasteiger partial charge in [0.2, 0.25) is 0 Å². The lowest BCUT2D eigenvalue weighted by molar-refractivity contribution is -0.280. The molecule has 1 aliphatic carbocycles. The molecule has 0 heterocycles. The fourth-order valence-electron chi connectivity index (χ4n) is 4.01. The maximum Gasteiger partial charge on any atom is 0.115 e. The Morgan fingerprint density at radius 3 is 1.25 bits per heavy atom. The van der Waals surface area contributed by atoms with Crippen LogP contribution in [0.1, 0.15) is 38.8 Å². The maximum atomic E-state index is 11.0. The van der Waals surface area contributed by atoms with Gasteiger partial charge >= 0.3 is 0 Å². The Labute approximate surface area is 191 Å². The van der Waals surface area contributed by atoms with E-state index in [1.54, 1.807) is 0 Å². The lowest BCUT2D eigenvalue weighted by Crippen LogP contribution is -2.67. The second-order valence-corrected chi connectivity index (χ2v) is 8.80. The Hall–Kier alpha value is -1.80. The third-order valence-electron chi connectivity index (χ3n) is 5.42. The van der Waals surface area contributed by atoms with Crippen LogP contribution in [0.25, 0.3) is 0 Å². The van der Waals surface area contributed by atoms with Gasteiger partial charge in [-0.1, -0.05) is 60.7 Å². The van der Waals surface area contributed by atoms with Crippen molar-refractivity contribution in [2.75, 3.05) is 0 Å². The summed E-state index contributed by atoms with van der Waals surface area (Å²) in [6.45, 7) is 8.29. The molecule has 2 aromatic carbocycles. The summed E-state index contributed by atoms with van der Waals surface area (Å²) in [6, 6.07) is 19.4. The Kier molecular flexibility index (Phi) is 9.22. The van der Waals surface area contributed by atoms with Crippen molar-refractivity contribution in [3.05, 3.63) is 71.8 Å². The molecule has 1 saturated carbocycles. The van der Waals surface area contributed by atoms with E-state index in [9.17, 15) is 10.2 Å². The van der Waals surface area contributed by atoms with Gasteiger partial charge in [-0.05, 0) is 38.8 Å². The van der Waals surface area contributed by atoms with E-state index in [0.29, 0.717) is 0 Å². The van der Waals surface area contributed by atoms with E-state index in [2.05, 4.69) is 0 Å². The number of aliphatic hydroxyl groups excluding tert-OH is 2. The van der Waals surface area contributed by atoms with Crippen LogP contribution >= 0.6 is 0 Å². The zero-order valence-corrected chi connectivity index (χ0v) is 19.3. The molecule has 3 rings (SSSR count).